The summed E-state index contributed by atoms with van der Waals surface area (Å²) in [6, 6.07) is 13.5. The quantitative estimate of drug-likeness (QED) is 0.490. The van der Waals surface area contributed by atoms with E-state index in [-0.39, 0.29) is 5.69 Å². The highest BCUT2D eigenvalue weighted by atomic mass is 35.5. The Kier molecular flexibility index (Phi) is 4.32. The highest BCUT2D eigenvalue weighted by Gasteiger charge is 2.05. The molecule has 0 saturated heterocycles. The molecule has 2 aromatic rings. The Hall–Kier alpha value is -2.40. The van der Waals surface area contributed by atoms with Crippen LogP contribution in [0.25, 0.3) is 0 Å². The fourth-order valence-electron chi connectivity index (χ4n) is 1.56. The van der Waals surface area contributed by atoms with Gasteiger partial charge in [-0.05, 0) is 29.8 Å². The van der Waals surface area contributed by atoms with Crippen LogP contribution in [0.3, 0.4) is 0 Å². The molecule has 0 heterocycles. The summed E-state index contributed by atoms with van der Waals surface area (Å²) in [5, 5.41) is 17.1. The van der Waals surface area contributed by atoms with Gasteiger partial charge in [-0.1, -0.05) is 23.7 Å². The summed E-state index contributed by atoms with van der Waals surface area (Å²) >= 11 is 5.80. The molecular formula is C14H12ClN3O2. The Labute approximate surface area is 121 Å². The topological polar surface area (TPSA) is 58.7 Å². The molecule has 2 aromatic carbocycles. The Balaban J connectivity index is 2.09. The van der Waals surface area contributed by atoms with Crippen molar-refractivity contribution >= 4 is 29.2 Å². The highest BCUT2D eigenvalue weighted by molar-refractivity contribution is 6.30. The number of rotatable bonds is 4. The monoisotopic (exact) mass is 289 g/mol. The van der Waals surface area contributed by atoms with E-state index in [9.17, 15) is 10.1 Å². The Morgan fingerprint density at radius 1 is 1.15 bits per heavy atom. The molecule has 0 saturated carbocycles. The van der Waals surface area contributed by atoms with Crippen molar-refractivity contribution in [1.29, 1.82) is 0 Å². The minimum Gasteiger partial charge on any atom is -0.269 e. The number of hydrogen-bond acceptors (Lipinski definition) is 4. The number of hydrogen-bond donors (Lipinski definition) is 0. The molecule has 0 fully saturated rings. The summed E-state index contributed by atoms with van der Waals surface area (Å²) in [7, 11) is 1.77. The van der Waals surface area contributed by atoms with Crippen LogP contribution < -0.4 is 5.01 Å². The first-order chi connectivity index (χ1) is 9.56. The molecule has 5 nitrogen and oxygen atoms in total. The van der Waals surface area contributed by atoms with Gasteiger partial charge in [0.1, 0.15) is 0 Å². The smallest absolute Gasteiger partial charge is 0.269 e. The van der Waals surface area contributed by atoms with Crippen molar-refractivity contribution in [2.24, 2.45) is 5.10 Å². The van der Waals surface area contributed by atoms with Crippen molar-refractivity contribution in [3.63, 3.8) is 0 Å². The van der Waals surface area contributed by atoms with Gasteiger partial charge in [0.15, 0.2) is 0 Å². The van der Waals surface area contributed by atoms with E-state index >= 15 is 0 Å². The molecule has 102 valence electrons. The maximum atomic E-state index is 10.6. The number of halogens is 1. The van der Waals surface area contributed by atoms with Gasteiger partial charge in [0.05, 0.1) is 16.8 Å². The molecule has 0 N–H and O–H groups in total. The first-order valence-electron chi connectivity index (χ1n) is 5.84. The van der Waals surface area contributed by atoms with Crippen LogP contribution in [0.2, 0.25) is 5.02 Å². The Morgan fingerprint density at radius 3 is 2.30 bits per heavy atom. The second-order valence-electron chi connectivity index (χ2n) is 4.09. The van der Waals surface area contributed by atoms with E-state index in [4.69, 9.17) is 11.6 Å². The van der Waals surface area contributed by atoms with Crippen LogP contribution in [-0.4, -0.2) is 18.2 Å². The van der Waals surface area contributed by atoms with Crippen LogP contribution in [0.5, 0.6) is 0 Å². The average molecular weight is 290 g/mol. The predicted molar refractivity (Wildman–Crippen MR) is 80.5 cm³/mol. The van der Waals surface area contributed by atoms with Gasteiger partial charge >= 0.3 is 0 Å². The fourth-order valence-corrected chi connectivity index (χ4v) is 1.68. The summed E-state index contributed by atoms with van der Waals surface area (Å²) in [6.07, 6.45) is 1.69. The van der Waals surface area contributed by atoms with Crippen molar-refractivity contribution in [3.05, 3.63) is 69.2 Å². The van der Waals surface area contributed by atoms with E-state index in [0.717, 1.165) is 11.3 Å². The third-order valence-corrected chi connectivity index (χ3v) is 2.94. The SMILES string of the molecule is CN(/N=C\c1ccc(Cl)cc1)c1ccc([N+](=O)[O-])cc1. The predicted octanol–water partition coefficient (Wildman–Crippen LogP) is 3.72. The number of hydrazone groups is 1. The molecule has 0 aromatic heterocycles. The van der Waals surface area contributed by atoms with Gasteiger partial charge in [-0.3, -0.25) is 15.1 Å². The second kappa shape index (κ2) is 6.16. The lowest BCUT2D eigenvalue weighted by Gasteiger charge is -2.12. The Morgan fingerprint density at radius 2 is 1.75 bits per heavy atom. The van der Waals surface area contributed by atoms with Crippen LogP contribution in [0.4, 0.5) is 11.4 Å². The molecular weight excluding hydrogens is 278 g/mol. The van der Waals surface area contributed by atoms with E-state index < -0.39 is 4.92 Å². The summed E-state index contributed by atoms with van der Waals surface area (Å²) in [5.41, 5.74) is 1.74. The van der Waals surface area contributed by atoms with Gasteiger partial charge in [0.2, 0.25) is 0 Å². The third kappa shape index (κ3) is 3.55. The van der Waals surface area contributed by atoms with Crippen molar-refractivity contribution in [3.8, 4) is 0 Å². The number of anilines is 1. The van der Waals surface area contributed by atoms with E-state index in [2.05, 4.69) is 5.10 Å². The van der Waals surface area contributed by atoms with Crippen molar-refractivity contribution in [1.82, 2.24) is 0 Å². The zero-order chi connectivity index (χ0) is 14.5. The van der Waals surface area contributed by atoms with E-state index in [1.54, 1.807) is 42.5 Å². The molecule has 0 aliphatic rings. The van der Waals surface area contributed by atoms with Crippen molar-refractivity contribution < 1.29 is 4.92 Å². The molecule has 0 aliphatic heterocycles. The number of non-ortho nitro benzene ring substituents is 1. The van der Waals surface area contributed by atoms with E-state index in [0.29, 0.717) is 5.02 Å². The lowest BCUT2D eigenvalue weighted by atomic mass is 10.2. The van der Waals surface area contributed by atoms with Crippen LogP contribution in [0, 0.1) is 10.1 Å². The zero-order valence-corrected chi connectivity index (χ0v) is 11.5. The number of nitro benzene ring substituents is 1. The molecule has 20 heavy (non-hydrogen) atoms. The molecule has 0 bridgehead atoms. The highest BCUT2D eigenvalue weighted by Crippen LogP contribution is 2.18. The number of benzene rings is 2. The zero-order valence-electron chi connectivity index (χ0n) is 10.7. The molecule has 0 radical (unpaired) electrons. The summed E-state index contributed by atoms with van der Waals surface area (Å²) < 4.78 is 0. The van der Waals surface area contributed by atoms with Crippen LogP contribution in [-0.2, 0) is 0 Å². The maximum Gasteiger partial charge on any atom is 0.269 e. The van der Waals surface area contributed by atoms with Gasteiger partial charge in [-0.25, -0.2) is 0 Å². The fraction of sp³-hybridized carbons (Fsp3) is 0.0714. The average Bonchev–Trinajstić information content (AvgIpc) is 2.46. The lowest BCUT2D eigenvalue weighted by Crippen LogP contribution is -2.08. The molecule has 0 spiro atoms. The van der Waals surface area contributed by atoms with E-state index in [1.165, 1.54) is 12.1 Å². The summed E-state index contributed by atoms with van der Waals surface area (Å²) in [5.74, 6) is 0. The minimum atomic E-state index is -0.430. The summed E-state index contributed by atoms with van der Waals surface area (Å²) in [4.78, 5) is 10.1. The summed E-state index contributed by atoms with van der Waals surface area (Å²) in [6.45, 7) is 0. The molecule has 0 unspecified atom stereocenters. The first kappa shape index (κ1) is 14.0. The van der Waals surface area contributed by atoms with Gasteiger partial charge in [-0.2, -0.15) is 5.10 Å². The van der Waals surface area contributed by atoms with Crippen LogP contribution >= 0.6 is 11.6 Å². The second-order valence-corrected chi connectivity index (χ2v) is 4.53. The number of nitro groups is 1. The van der Waals surface area contributed by atoms with Crippen molar-refractivity contribution in [2.75, 3.05) is 12.1 Å². The normalized spacial score (nSPS) is 10.7. The number of nitrogens with zero attached hydrogens (tertiary/aromatic N) is 3. The lowest BCUT2D eigenvalue weighted by molar-refractivity contribution is -0.384. The van der Waals surface area contributed by atoms with E-state index in [1.807, 2.05) is 12.1 Å². The molecule has 0 aliphatic carbocycles. The van der Waals surface area contributed by atoms with Crippen LogP contribution in [0.1, 0.15) is 5.56 Å². The first-order valence-corrected chi connectivity index (χ1v) is 6.22. The van der Waals surface area contributed by atoms with Crippen LogP contribution in [0.15, 0.2) is 53.6 Å². The molecule has 6 heteroatoms. The molecule has 0 amide bonds. The van der Waals surface area contributed by atoms with Crippen molar-refractivity contribution in [2.45, 2.75) is 0 Å². The third-order valence-electron chi connectivity index (χ3n) is 2.68. The van der Waals surface area contributed by atoms with Gasteiger partial charge in [0, 0.05) is 24.2 Å². The van der Waals surface area contributed by atoms with Gasteiger partial charge in [-0.15, -0.1) is 0 Å². The Bertz CT molecular complexity index is 624. The largest absolute Gasteiger partial charge is 0.269 e. The minimum absolute atomic E-state index is 0.0591. The van der Waals surface area contributed by atoms with Gasteiger partial charge < -0.3 is 0 Å². The standard InChI is InChI=1S/C14H12ClN3O2/c1-17(13-6-8-14(9-7-13)18(19)20)16-10-11-2-4-12(15)5-3-11/h2-10H,1H3/b16-10-. The van der Waals surface area contributed by atoms with Gasteiger partial charge in [0.25, 0.3) is 5.69 Å². The molecule has 2 rings (SSSR count). The maximum absolute atomic E-state index is 10.6. The molecule has 0 atom stereocenters.